The van der Waals surface area contributed by atoms with E-state index in [0.717, 1.165) is 4.90 Å². The molecular weight excluding hydrogens is 419 g/mol. The maximum absolute atomic E-state index is 13.2. The van der Waals surface area contributed by atoms with Gasteiger partial charge in [0.15, 0.2) is 0 Å². The average molecular weight is 437 g/mol. The lowest BCUT2D eigenvalue weighted by molar-refractivity contribution is -0.121. The SMILES string of the molecule is COc1ccc(N2C(=O)C[C@@H](SCCC(=O)Nc3ccc(F)c(Cl)c3)C2=O)cc1. The van der Waals surface area contributed by atoms with E-state index in [2.05, 4.69) is 5.32 Å². The number of ether oxygens (including phenoxy) is 1. The summed E-state index contributed by atoms with van der Waals surface area (Å²) in [5.74, 6) is -0.429. The minimum absolute atomic E-state index is 0.0779. The van der Waals surface area contributed by atoms with Gasteiger partial charge in [-0.2, -0.15) is 0 Å². The number of nitrogens with zero attached hydrogens (tertiary/aromatic N) is 1. The highest BCUT2D eigenvalue weighted by molar-refractivity contribution is 8.00. The van der Waals surface area contributed by atoms with Crippen LogP contribution in [-0.2, 0) is 14.4 Å². The van der Waals surface area contributed by atoms with E-state index >= 15 is 0 Å². The summed E-state index contributed by atoms with van der Waals surface area (Å²) in [5, 5.41) is 2.02. The molecule has 0 radical (unpaired) electrons. The first-order valence-corrected chi connectivity index (χ1v) is 10.2. The third-order valence-corrected chi connectivity index (χ3v) is 5.79. The van der Waals surface area contributed by atoms with Crippen molar-refractivity contribution in [3.05, 3.63) is 53.3 Å². The molecule has 2 aromatic rings. The van der Waals surface area contributed by atoms with E-state index in [1.54, 1.807) is 24.3 Å². The fourth-order valence-corrected chi connectivity index (χ4v) is 4.10. The van der Waals surface area contributed by atoms with Gasteiger partial charge in [-0.3, -0.25) is 14.4 Å². The molecule has 0 unspecified atom stereocenters. The molecule has 3 rings (SSSR count). The van der Waals surface area contributed by atoms with Gasteiger partial charge in [-0.15, -0.1) is 11.8 Å². The van der Waals surface area contributed by atoms with Gasteiger partial charge in [-0.1, -0.05) is 11.6 Å². The molecular formula is C20H18ClFN2O4S. The van der Waals surface area contributed by atoms with Gasteiger partial charge in [0.25, 0.3) is 0 Å². The number of methoxy groups -OCH3 is 1. The standard InChI is InChI=1S/C20H18ClFN2O4S/c1-28-14-5-3-13(4-6-14)24-19(26)11-17(20(24)27)29-9-8-18(25)23-12-2-7-16(22)15(21)10-12/h2-7,10,17H,8-9,11H2,1H3,(H,23,25)/t17-/m1/s1. The molecule has 1 saturated heterocycles. The second kappa shape index (κ2) is 9.28. The Labute approximate surface area is 176 Å². The molecule has 1 aliphatic heterocycles. The molecule has 1 fully saturated rings. The number of carbonyl (C=O) groups is 3. The van der Waals surface area contributed by atoms with Crippen LogP contribution in [0, 0.1) is 5.82 Å². The van der Waals surface area contributed by atoms with Gasteiger partial charge < -0.3 is 10.1 Å². The summed E-state index contributed by atoms with van der Waals surface area (Å²) in [7, 11) is 1.54. The van der Waals surface area contributed by atoms with Crippen molar-refractivity contribution in [3.8, 4) is 5.75 Å². The lowest BCUT2D eigenvalue weighted by atomic mass is 10.3. The maximum Gasteiger partial charge on any atom is 0.247 e. The zero-order valence-electron chi connectivity index (χ0n) is 15.5. The molecule has 2 aromatic carbocycles. The number of rotatable bonds is 7. The molecule has 6 nitrogen and oxygen atoms in total. The zero-order chi connectivity index (χ0) is 21.0. The molecule has 1 atom stereocenters. The first-order valence-electron chi connectivity index (χ1n) is 8.76. The predicted molar refractivity (Wildman–Crippen MR) is 111 cm³/mol. The van der Waals surface area contributed by atoms with Crippen molar-refractivity contribution in [2.24, 2.45) is 0 Å². The third kappa shape index (κ3) is 5.07. The van der Waals surface area contributed by atoms with Gasteiger partial charge in [0.2, 0.25) is 17.7 Å². The molecule has 152 valence electrons. The summed E-state index contributed by atoms with van der Waals surface area (Å²) in [4.78, 5) is 38.1. The maximum atomic E-state index is 13.2. The highest BCUT2D eigenvalue weighted by atomic mass is 35.5. The fraction of sp³-hybridized carbons (Fsp3) is 0.250. The Morgan fingerprint density at radius 3 is 2.66 bits per heavy atom. The number of thioether (sulfide) groups is 1. The van der Waals surface area contributed by atoms with Crippen molar-refractivity contribution in [2.75, 3.05) is 23.1 Å². The number of amides is 3. The monoisotopic (exact) mass is 436 g/mol. The number of hydrogen-bond donors (Lipinski definition) is 1. The first kappa shape index (κ1) is 21.1. The van der Waals surface area contributed by atoms with Gasteiger partial charge in [0.05, 0.1) is 23.1 Å². The van der Waals surface area contributed by atoms with Crippen molar-refractivity contribution in [1.82, 2.24) is 0 Å². The van der Waals surface area contributed by atoms with Crippen LogP contribution in [-0.4, -0.2) is 35.8 Å². The van der Waals surface area contributed by atoms with E-state index in [4.69, 9.17) is 16.3 Å². The number of carbonyl (C=O) groups excluding carboxylic acids is 3. The first-order chi connectivity index (χ1) is 13.9. The Balaban J connectivity index is 1.51. The van der Waals surface area contributed by atoms with E-state index in [9.17, 15) is 18.8 Å². The molecule has 1 aliphatic rings. The quantitative estimate of drug-likeness (QED) is 0.666. The van der Waals surface area contributed by atoms with E-state index in [-0.39, 0.29) is 35.6 Å². The highest BCUT2D eigenvalue weighted by Crippen LogP contribution is 2.31. The van der Waals surface area contributed by atoms with Crippen molar-refractivity contribution in [3.63, 3.8) is 0 Å². The molecule has 9 heteroatoms. The van der Waals surface area contributed by atoms with Gasteiger partial charge in [-0.05, 0) is 42.5 Å². The molecule has 0 saturated carbocycles. The van der Waals surface area contributed by atoms with Gasteiger partial charge in [-0.25, -0.2) is 9.29 Å². The number of benzene rings is 2. The van der Waals surface area contributed by atoms with Crippen molar-refractivity contribution in [2.45, 2.75) is 18.1 Å². The van der Waals surface area contributed by atoms with Crippen LogP contribution in [0.3, 0.4) is 0 Å². The summed E-state index contributed by atoms with van der Waals surface area (Å²) in [6.45, 7) is 0. The molecule has 0 aromatic heterocycles. The molecule has 3 amide bonds. The third-order valence-electron chi connectivity index (χ3n) is 4.29. The lowest BCUT2D eigenvalue weighted by Crippen LogP contribution is -2.31. The summed E-state index contributed by atoms with van der Waals surface area (Å²) in [6, 6.07) is 10.6. The average Bonchev–Trinajstić information content (AvgIpc) is 2.98. The molecule has 0 spiro atoms. The van der Waals surface area contributed by atoms with E-state index in [1.165, 1.54) is 37.1 Å². The van der Waals surface area contributed by atoms with Crippen molar-refractivity contribution < 1.29 is 23.5 Å². The van der Waals surface area contributed by atoms with Gasteiger partial charge >= 0.3 is 0 Å². The minimum Gasteiger partial charge on any atom is -0.497 e. The number of hydrogen-bond acceptors (Lipinski definition) is 5. The predicted octanol–water partition coefficient (Wildman–Crippen LogP) is 3.88. The Hall–Kier alpha value is -2.58. The highest BCUT2D eigenvalue weighted by Gasteiger charge is 2.39. The zero-order valence-corrected chi connectivity index (χ0v) is 17.1. The number of imide groups is 1. The topological polar surface area (TPSA) is 75.7 Å². The molecule has 1 N–H and O–H groups in total. The van der Waals surface area contributed by atoms with Crippen LogP contribution >= 0.6 is 23.4 Å². The number of halogens is 2. The molecule has 0 aliphatic carbocycles. The van der Waals surface area contributed by atoms with E-state index in [0.29, 0.717) is 22.9 Å². The van der Waals surface area contributed by atoms with Crippen molar-refractivity contribution in [1.29, 1.82) is 0 Å². The Bertz CT molecular complexity index is 939. The summed E-state index contributed by atoms with van der Waals surface area (Å²) < 4.78 is 18.2. The molecule has 1 heterocycles. The van der Waals surface area contributed by atoms with Crippen LogP contribution in [0.5, 0.6) is 5.75 Å². The Kier molecular flexibility index (Phi) is 6.76. The van der Waals surface area contributed by atoms with Crippen molar-refractivity contribution >= 4 is 52.5 Å². The van der Waals surface area contributed by atoms with Gasteiger partial charge in [0.1, 0.15) is 11.6 Å². The second-order valence-electron chi connectivity index (χ2n) is 6.26. The van der Waals surface area contributed by atoms with Crippen LogP contribution in [0.4, 0.5) is 15.8 Å². The Morgan fingerprint density at radius 2 is 2.00 bits per heavy atom. The van der Waals surface area contributed by atoms with Crippen LogP contribution in [0.2, 0.25) is 5.02 Å². The van der Waals surface area contributed by atoms with Crippen LogP contribution < -0.4 is 15.0 Å². The molecule has 29 heavy (non-hydrogen) atoms. The lowest BCUT2D eigenvalue weighted by Gasteiger charge is -2.15. The van der Waals surface area contributed by atoms with Gasteiger partial charge in [0, 0.05) is 24.3 Å². The van der Waals surface area contributed by atoms with Crippen LogP contribution in [0.15, 0.2) is 42.5 Å². The molecule has 0 bridgehead atoms. The summed E-state index contributed by atoms with van der Waals surface area (Å²) >= 11 is 6.95. The van der Waals surface area contributed by atoms with E-state index < -0.39 is 11.1 Å². The fourth-order valence-electron chi connectivity index (χ4n) is 2.83. The van der Waals surface area contributed by atoms with Crippen LogP contribution in [0.25, 0.3) is 0 Å². The largest absolute Gasteiger partial charge is 0.497 e. The smallest absolute Gasteiger partial charge is 0.247 e. The minimum atomic E-state index is -0.564. The number of nitrogens with one attached hydrogen (secondary N) is 1. The normalized spacial score (nSPS) is 16.2. The van der Waals surface area contributed by atoms with E-state index in [1.807, 2.05) is 0 Å². The summed E-state index contributed by atoms with van der Waals surface area (Å²) in [6.07, 6.45) is 0.227. The summed E-state index contributed by atoms with van der Waals surface area (Å²) in [5.41, 5.74) is 0.888. The number of anilines is 2. The Morgan fingerprint density at radius 1 is 1.28 bits per heavy atom. The van der Waals surface area contributed by atoms with Crippen LogP contribution in [0.1, 0.15) is 12.8 Å². The second-order valence-corrected chi connectivity index (χ2v) is 7.97.